The molecule has 0 heterocycles. The predicted molar refractivity (Wildman–Crippen MR) is 57.6 cm³/mol. The zero-order valence-corrected chi connectivity index (χ0v) is 9.64. The Labute approximate surface area is 93.9 Å². The summed E-state index contributed by atoms with van der Waals surface area (Å²) in [4.78, 5) is 25.2. The molecule has 0 aromatic rings. The van der Waals surface area contributed by atoms with Gasteiger partial charge in [0.15, 0.2) is 0 Å². The number of aliphatic hydroxyl groups excluding tert-OH is 1. The van der Waals surface area contributed by atoms with Crippen molar-refractivity contribution >= 4 is 17.8 Å². The van der Waals surface area contributed by atoms with E-state index in [9.17, 15) is 9.59 Å². The molecule has 1 amide bonds. The summed E-state index contributed by atoms with van der Waals surface area (Å²) in [7, 11) is 0. The van der Waals surface area contributed by atoms with Crippen molar-refractivity contribution in [3.8, 4) is 0 Å². The number of hydrogen-bond donors (Lipinski definition) is 2. The van der Waals surface area contributed by atoms with Crippen LogP contribution in [0.5, 0.6) is 0 Å². The van der Waals surface area contributed by atoms with Gasteiger partial charge in [0.1, 0.15) is 0 Å². The van der Waals surface area contributed by atoms with E-state index in [1.807, 2.05) is 0 Å². The number of hydrogen-bond acceptors (Lipinski definition) is 4. The lowest BCUT2D eigenvalue weighted by molar-refractivity contribution is -0.149. The number of aliphatic imine (C=N–C) groups is 1. The lowest BCUT2D eigenvalue weighted by Crippen LogP contribution is -2.27. The van der Waals surface area contributed by atoms with Gasteiger partial charge in [-0.25, -0.2) is 4.79 Å². The molecule has 16 heavy (non-hydrogen) atoms. The largest absolute Gasteiger partial charge is 0.463 e. The average Bonchev–Trinajstić information content (AvgIpc) is 2.14. The van der Waals surface area contributed by atoms with Gasteiger partial charge in [-0.1, -0.05) is 0 Å². The fraction of sp³-hybridized carbons (Fsp3) is 0.700. The fourth-order valence-electron chi connectivity index (χ4n) is 1.08. The standard InChI is InChI=1S/C10H17NO5/c1-6(2)16-9(13)7(3)8(4-5-12)11-10(14)15/h6-7,12H,4-5H2,1-3H3,(H,14,15). The molecule has 0 rings (SSSR count). The minimum atomic E-state index is -1.38. The number of carbonyl (C=O) groups is 2. The molecule has 1 unspecified atom stereocenters. The maximum absolute atomic E-state index is 11.5. The van der Waals surface area contributed by atoms with Gasteiger partial charge in [-0.3, -0.25) is 4.79 Å². The summed E-state index contributed by atoms with van der Waals surface area (Å²) in [6.07, 6.45) is -1.61. The first kappa shape index (κ1) is 14.6. The highest BCUT2D eigenvalue weighted by Gasteiger charge is 2.22. The second-order valence-corrected chi connectivity index (χ2v) is 3.57. The number of ether oxygens (including phenoxy) is 1. The molecule has 92 valence electrons. The highest BCUT2D eigenvalue weighted by molar-refractivity contribution is 6.05. The third kappa shape index (κ3) is 5.45. The molecule has 6 heteroatoms. The van der Waals surface area contributed by atoms with Crippen molar-refractivity contribution in [2.24, 2.45) is 10.9 Å². The molecule has 0 radical (unpaired) electrons. The van der Waals surface area contributed by atoms with Crippen LogP contribution in [0.3, 0.4) is 0 Å². The number of carbonyl (C=O) groups excluding carboxylic acids is 1. The van der Waals surface area contributed by atoms with Crippen molar-refractivity contribution < 1.29 is 24.5 Å². The number of esters is 1. The molecule has 0 spiro atoms. The van der Waals surface area contributed by atoms with Gasteiger partial charge in [0, 0.05) is 18.7 Å². The summed E-state index contributed by atoms with van der Waals surface area (Å²) in [6, 6.07) is 0. The van der Waals surface area contributed by atoms with E-state index in [4.69, 9.17) is 14.9 Å². The molecule has 0 aromatic carbocycles. The summed E-state index contributed by atoms with van der Waals surface area (Å²) in [5.41, 5.74) is 0.112. The van der Waals surface area contributed by atoms with Gasteiger partial charge >= 0.3 is 12.1 Å². The Balaban J connectivity index is 4.67. The number of aliphatic hydroxyl groups is 1. The summed E-state index contributed by atoms with van der Waals surface area (Å²) in [5, 5.41) is 17.2. The highest BCUT2D eigenvalue weighted by Crippen LogP contribution is 2.08. The Bertz CT molecular complexity index is 285. The monoisotopic (exact) mass is 231 g/mol. The molecule has 0 aliphatic rings. The van der Waals surface area contributed by atoms with Crippen LogP contribution in [0.2, 0.25) is 0 Å². The van der Waals surface area contributed by atoms with Crippen LogP contribution in [0.1, 0.15) is 27.2 Å². The second-order valence-electron chi connectivity index (χ2n) is 3.57. The lowest BCUT2D eigenvalue weighted by Gasteiger charge is -2.14. The van der Waals surface area contributed by atoms with Crippen LogP contribution in [-0.2, 0) is 9.53 Å². The minimum absolute atomic E-state index is 0.0423. The summed E-state index contributed by atoms with van der Waals surface area (Å²) in [5.74, 6) is -1.30. The molecule has 2 N–H and O–H groups in total. The van der Waals surface area contributed by atoms with Crippen LogP contribution in [0.15, 0.2) is 4.99 Å². The van der Waals surface area contributed by atoms with Crippen LogP contribution in [-0.4, -0.2) is 40.7 Å². The molecule has 1 atom stereocenters. The minimum Gasteiger partial charge on any atom is -0.463 e. The number of nitrogens with zero attached hydrogens (tertiary/aromatic N) is 1. The third-order valence-corrected chi connectivity index (χ3v) is 1.81. The number of carboxylic acid groups (broad SMARTS) is 1. The third-order valence-electron chi connectivity index (χ3n) is 1.81. The molecular formula is C10H17NO5. The SMILES string of the molecule is CC(C)OC(=O)C(C)C(CCO)=NC(=O)O. The van der Waals surface area contributed by atoms with E-state index < -0.39 is 18.0 Å². The fourth-order valence-corrected chi connectivity index (χ4v) is 1.08. The van der Waals surface area contributed by atoms with Gasteiger partial charge in [-0.2, -0.15) is 4.99 Å². The summed E-state index contributed by atoms with van der Waals surface area (Å²) >= 11 is 0. The van der Waals surface area contributed by atoms with Gasteiger partial charge < -0.3 is 14.9 Å². The van der Waals surface area contributed by atoms with E-state index in [0.717, 1.165) is 0 Å². The van der Waals surface area contributed by atoms with Crippen molar-refractivity contribution in [2.75, 3.05) is 6.61 Å². The molecule has 0 bridgehead atoms. The van der Waals surface area contributed by atoms with Crippen LogP contribution >= 0.6 is 0 Å². The summed E-state index contributed by atoms with van der Waals surface area (Å²) < 4.78 is 4.93. The lowest BCUT2D eigenvalue weighted by atomic mass is 10.0. The normalized spacial score (nSPS) is 13.7. The number of rotatable bonds is 5. The zero-order valence-electron chi connectivity index (χ0n) is 9.64. The van der Waals surface area contributed by atoms with Gasteiger partial charge in [0.25, 0.3) is 0 Å². The van der Waals surface area contributed by atoms with E-state index in [-0.39, 0.29) is 24.8 Å². The van der Waals surface area contributed by atoms with Crippen molar-refractivity contribution in [1.29, 1.82) is 0 Å². The van der Waals surface area contributed by atoms with E-state index in [1.54, 1.807) is 13.8 Å². The Morgan fingerprint density at radius 1 is 1.31 bits per heavy atom. The summed E-state index contributed by atoms with van der Waals surface area (Å²) in [6.45, 7) is 4.64. The Hall–Kier alpha value is -1.43. The molecule has 0 aromatic heterocycles. The van der Waals surface area contributed by atoms with Gasteiger partial charge in [-0.05, 0) is 20.8 Å². The van der Waals surface area contributed by atoms with Crippen LogP contribution in [0.25, 0.3) is 0 Å². The molecule has 0 saturated heterocycles. The first-order valence-corrected chi connectivity index (χ1v) is 5.00. The maximum atomic E-state index is 11.5. The van der Waals surface area contributed by atoms with E-state index in [1.165, 1.54) is 6.92 Å². The zero-order chi connectivity index (χ0) is 12.7. The first-order chi connectivity index (χ1) is 7.38. The first-order valence-electron chi connectivity index (χ1n) is 5.00. The Morgan fingerprint density at radius 3 is 2.25 bits per heavy atom. The topological polar surface area (TPSA) is 96.2 Å². The quantitative estimate of drug-likeness (QED) is 0.545. The molecular weight excluding hydrogens is 214 g/mol. The Morgan fingerprint density at radius 2 is 1.88 bits per heavy atom. The smallest absolute Gasteiger partial charge is 0.431 e. The Kier molecular flexibility index (Phi) is 6.32. The van der Waals surface area contributed by atoms with Gasteiger partial charge in [0.05, 0.1) is 12.0 Å². The van der Waals surface area contributed by atoms with Crippen LogP contribution in [0.4, 0.5) is 4.79 Å². The second kappa shape index (κ2) is 6.95. The molecule has 0 aliphatic carbocycles. The van der Waals surface area contributed by atoms with Crippen molar-refractivity contribution in [1.82, 2.24) is 0 Å². The van der Waals surface area contributed by atoms with Crippen LogP contribution in [0, 0.1) is 5.92 Å². The van der Waals surface area contributed by atoms with E-state index in [2.05, 4.69) is 4.99 Å². The predicted octanol–water partition coefficient (Wildman–Crippen LogP) is 1.08. The molecule has 0 fully saturated rings. The molecule has 6 nitrogen and oxygen atoms in total. The van der Waals surface area contributed by atoms with Gasteiger partial charge in [0.2, 0.25) is 0 Å². The maximum Gasteiger partial charge on any atom is 0.431 e. The molecule has 0 saturated carbocycles. The van der Waals surface area contributed by atoms with Crippen molar-refractivity contribution in [3.05, 3.63) is 0 Å². The van der Waals surface area contributed by atoms with Crippen molar-refractivity contribution in [2.45, 2.75) is 33.3 Å². The molecule has 0 aliphatic heterocycles. The van der Waals surface area contributed by atoms with Crippen molar-refractivity contribution in [3.63, 3.8) is 0 Å². The highest BCUT2D eigenvalue weighted by atomic mass is 16.5. The van der Waals surface area contributed by atoms with Gasteiger partial charge in [-0.15, -0.1) is 0 Å². The van der Waals surface area contributed by atoms with E-state index >= 15 is 0 Å². The average molecular weight is 231 g/mol. The van der Waals surface area contributed by atoms with E-state index in [0.29, 0.717) is 0 Å². The van der Waals surface area contributed by atoms with Crippen LogP contribution < -0.4 is 0 Å². The number of amides is 1.